The van der Waals surface area contributed by atoms with Crippen molar-refractivity contribution < 1.29 is 4.79 Å². The number of aryl methyl sites for hydroxylation is 2. The molecule has 126 valence electrons. The second kappa shape index (κ2) is 7.90. The Hall–Kier alpha value is -2.43. The molecule has 0 saturated carbocycles. The fourth-order valence-corrected chi connectivity index (χ4v) is 3.10. The van der Waals surface area contributed by atoms with E-state index < -0.39 is 0 Å². The van der Waals surface area contributed by atoms with E-state index in [0.717, 1.165) is 38.3 Å². The molecule has 1 aliphatic rings. The van der Waals surface area contributed by atoms with Crippen LogP contribution >= 0.6 is 0 Å². The zero-order chi connectivity index (χ0) is 16.8. The Morgan fingerprint density at radius 1 is 1.21 bits per heavy atom. The SMILES string of the molecule is Cc1cccc(CCC(=O)NC2CCN(c3ncccn3)CC2)c1. The second-order valence-corrected chi connectivity index (χ2v) is 6.37. The summed E-state index contributed by atoms with van der Waals surface area (Å²) in [6, 6.07) is 10.4. The Morgan fingerprint density at radius 2 is 1.96 bits per heavy atom. The highest BCUT2D eigenvalue weighted by atomic mass is 16.1. The van der Waals surface area contributed by atoms with Crippen LogP contribution in [-0.2, 0) is 11.2 Å². The molecule has 3 rings (SSSR count). The minimum atomic E-state index is 0.144. The van der Waals surface area contributed by atoms with E-state index in [1.807, 2.05) is 12.1 Å². The third-order valence-electron chi connectivity index (χ3n) is 4.42. The van der Waals surface area contributed by atoms with Crippen LogP contribution in [-0.4, -0.2) is 35.0 Å². The molecule has 0 radical (unpaired) electrons. The lowest BCUT2D eigenvalue weighted by atomic mass is 10.0. The summed E-state index contributed by atoms with van der Waals surface area (Å²) >= 11 is 0. The molecule has 1 amide bonds. The molecule has 0 atom stereocenters. The van der Waals surface area contributed by atoms with E-state index in [-0.39, 0.29) is 11.9 Å². The molecule has 1 N–H and O–H groups in total. The van der Waals surface area contributed by atoms with Gasteiger partial charge in [0.2, 0.25) is 11.9 Å². The molecule has 2 heterocycles. The molecule has 1 fully saturated rings. The van der Waals surface area contributed by atoms with Gasteiger partial charge in [-0.25, -0.2) is 9.97 Å². The number of aromatic nitrogens is 2. The van der Waals surface area contributed by atoms with Crippen LogP contribution in [0.2, 0.25) is 0 Å². The monoisotopic (exact) mass is 324 g/mol. The van der Waals surface area contributed by atoms with Gasteiger partial charge in [0.25, 0.3) is 0 Å². The van der Waals surface area contributed by atoms with Crippen molar-refractivity contribution >= 4 is 11.9 Å². The van der Waals surface area contributed by atoms with Crippen LogP contribution in [0.1, 0.15) is 30.4 Å². The first-order chi connectivity index (χ1) is 11.7. The summed E-state index contributed by atoms with van der Waals surface area (Å²) < 4.78 is 0. The molecule has 0 aliphatic carbocycles. The largest absolute Gasteiger partial charge is 0.353 e. The maximum atomic E-state index is 12.2. The first kappa shape index (κ1) is 16.4. The Morgan fingerprint density at radius 3 is 2.67 bits per heavy atom. The zero-order valence-corrected chi connectivity index (χ0v) is 14.1. The van der Waals surface area contributed by atoms with Gasteiger partial charge in [-0.3, -0.25) is 4.79 Å². The van der Waals surface area contributed by atoms with E-state index in [1.54, 1.807) is 12.4 Å². The molecular weight excluding hydrogens is 300 g/mol. The Labute approximate surface area is 143 Å². The number of benzene rings is 1. The van der Waals surface area contributed by atoms with Crippen LogP contribution < -0.4 is 10.2 Å². The van der Waals surface area contributed by atoms with Gasteiger partial charge in [-0.1, -0.05) is 29.8 Å². The first-order valence-corrected chi connectivity index (χ1v) is 8.57. The van der Waals surface area contributed by atoms with Crippen molar-refractivity contribution in [2.75, 3.05) is 18.0 Å². The lowest BCUT2D eigenvalue weighted by molar-refractivity contribution is -0.121. The summed E-state index contributed by atoms with van der Waals surface area (Å²) in [4.78, 5) is 22.9. The maximum Gasteiger partial charge on any atom is 0.225 e. The number of carbonyl (C=O) groups excluding carboxylic acids is 1. The van der Waals surface area contributed by atoms with Gasteiger partial charge < -0.3 is 10.2 Å². The minimum Gasteiger partial charge on any atom is -0.353 e. The average Bonchev–Trinajstić information content (AvgIpc) is 2.61. The van der Waals surface area contributed by atoms with E-state index in [0.29, 0.717) is 6.42 Å². The number of hydrogen-bond donors (Lipinski definition) is 1. The molecule has 2 aromatic rings. The summed E-state index contributed by atoms with van der Waals surface area (Å²) in [6.45, 7) is 3.84. The fraction of sp³-hybridized carbons (Fsp3) is 0.421. The number of nitrogens with zero attached hydrogens (tertiary/aromatic N) is 3. The van der Waals surface area contributed by atoms with Crippen LogP contribution in [0.25, 0.3) is 0 Å². The molecule has 1 saturated heterocycles. The smallest absolute Gasteiger partial charge is 0.225 e. The summed E-state index contributed by atoms with van der Waals surface area (Å²) in [6.07, 6.45) is 6.75. The van der Waals surface area contributed by atoms with Crippen molar-refractivity contribution in [1.82, 2.24) is 15.3 Å². The van der Waals surface area contributed by atoms with Crippen molar-refractivity contribution in [3.8, 4) is 0 Å². The Kier molecular flexibility index (Phi) is 5.41. The Bertz CT molecular complexity index is 666. The number of nitrogens with one attached hydrogen (secondary N) is 1. The first-order valence-electron chi connectivity index (χ1n) is 8.57. The standard InChI is InChI=1S/C19H24N4O/c1-15-4-2-5-16(14-15)6-7-18(24)22-17-8-12-23(13-9-17)19-20-10-3-11-21-19/h2-5,10-11,14,17H,6-9,12-13H2,1H3,(H,22,24). The van der Waals surface area contributed by atoms with Crippen molar-refractivity contribution in [3.63, 3.8) is 0 Å². The molecule has 0 spiro atoms. The van der Waals surface area contributed by atoms with E-state index in [1.165, 1.54) is 11.1 Å². The highest BCUT2D eigenvalue weighted by Gasteiger charge is 2.21. The second-order valence-electron chi connectivity index (χ2n) is 6.37. The number of hydrogen-bond acceptors (Lipinski definition) is 4. The van der Waals surface area contributed by atoms with Gasteiger partial charge in [-0.2, -0.15) is 0 Å². The number of rotatable bonds is 5. The molecule has 5 nitrogen and oxygen atoms in total. The highest BCUT2D eigenvalue weighted by molar-refractivity contribution is 5.76. The molecule has 1 aliphatic heterocycles. The quantitative estimate of drug-likeness (QED) is 0.918. The maximum absolute atomic E-state index is 12.2. The van der Waals surface area contributed by atoms with Gasteiger partial charge in [0, 0.05) is 37.9 Å². The molecule has 1 aromatic carbocycles. The molecule has 5 heteroatoms. The molecule has 24 heavy (non-hydrogen) atoms. The van der Waals surface area contributed by atoms with Gasteiger partial charge in [-0.15, -0.1) is 0 Å². The molecule has 0 bridgehead atoms. The normalized spacial score (nSPS) is 15.3. The van der Waals surface area contributed by atoms with E-state index in [9.17, 15) is 4.79 Å². The van der Waals surface area contributed by atoms with Crippen LogP contribution in [0, 0.1) is 6.92 Å². The lowest BCUT2D eigenvalue weighted by Crippen LogP contribution is -2.45. The van der Waals surface area contributed by atoms with E-state index >= 15 is 0 Å². The van der Waals surface area contributed by atoms with Crippen LogP contribution in [0.5, 0.6) is 0 Å². The topological polar surface area (TPSA) is 58.1 Å². The van der Waals surface area contributed by atoms with Gasteiger partial charge in [0.15, 0.2) is 0 Å². The number of carbonyl (C=O) groups is 1. The summed E-state index contributed by atoms with van der Waals surface area (Å²) in [7, 11) is 0. The molecule has 1 aromatic heterocycles. The number of anilines is 1. The zero-order valence-electron chi connectivity index (χ0n) is 14.1. The summed E-state index contributed by atoms with van der Waals surface area (Å²) in [5.41, 5.74) is 2.46. The van der Waals surface area contributed by atoms with Gasteiger partial charge >= 0.3 is 0 Å². The fourth-order valence-electron chi connectivity index (χ4n) is 3.10. The predicted molar refractivity (Wildman–Crippen MR) is 94.9 cm³/mol. The third kappa shape index (κ3) is 4.54. The van der Waals surface area contributed by atoms with Crippen molar-refractivity contribution in [1.29, 1.82) is 0 Å². The molecule has 0 unspecified atom stereocenters. The molecular formula is C19H24N4O. The Balaban J connectivity index is 1.42. The minimum absolute atomic E-state index is 0.144. The van der Waals surface area contributed by atoms with Crippen LogP contribution in [0.15, 0.2) is 42.7 Å². The van der Waals surface area contributed by atoms with Crippen molar-refractivity contribution in [2.45, 2.75) is 38.6 Å². The summed E-state index contributed by atoms with van der Waals surface area (Å²) in [5, 5.41) is 3.17. The van der Waals surface area contributed by atoms with Gasteiger partial charge in [-0.05, 0) is 37.8 Å². The number of amides is 1. The number of piperidine rings is 1. The lowest BCUT2D eigenvalue weighted by Gasteiger charge is -2.32. The predicted octanol–water partition coefficient (Wildman–Crippen LogP) is 2.50. The van der Waals surface area contributed by atoms with Gasteiger partial charge in [0.05, 0.1) is 0 Å². The van der Waals surface area contributed by atoms with Crippen LogP contribution in [0.3, 0.4) is 0 Å². The third-order valence-corrected chi connectivity index (χ3v) is 4.42. The van der Waals surface area contributed by atoms with E-state index in [4.69, 9.17) is 0 Å². The van der Waals surface area contributed by atoms with Gasteiger partial charge in [0.1, 0.15) is 0 Å². The average molecular weight is 324 g/mol. The highest BCUT2D eigenvalue weighted by Crippen LogP contribution is 2.15. The van der Waals surface area contributed by atoms with E-state index in [2.05, 4.69) is 45.3 Å². The van der Waals surface area contributed by atoms with Crippen molar-refractivity contribution in [3.05, 3.63) is 53.9 Å². The van der Waals surface area contributed by atoms with Crippen LogP contribution in [0.4, 0.5) is 5.95 Å². The van der Waals surface area contributed by atoms with Crippen molar-refractivity contribution in [2.24, 2.45) is 0 Å². The summed E-state index contributed by atoms with van der Waals surface area (Å²) in [5.74, 6) is 0.924.